The minimum absolute atomic E-state index is 0.0538. The van der Waals surface area contributed by atoms with Crippen LogP contribution in [0.25, 0.3) is 16.5 Å². The van der Waals surface area contributed by atoms with E-state index in [1.54, 1.807) is 0 Å². The number of amides is 1. The van der Waals surface area contributed by atoms with Crippen molar-refractivity contribution < 1.29 is 4.79 Å². The monoisotopic (exact) mass is 415 g/mol. The minimum atomic E-state index is -0.0538. The first kappa shape index (κ1) is 21.4. The molecule has 0 bridgehead atoms. The molecule has 1 aromatic heterocycles. The average Bonchev–Trinajstić information content (AvgIpc) is 3.22. The van der Waals surface area contributed by atoms with Gasteiger partial charge in [-0.05, 0) is 73.7 Å². The molecule has 31 heavy (non-hydrogen) atoms. The van der Waals surface area contributed by atoms with Crippen molar-refractivity contribution in [3.63, 3.8) is 0 Å². The number of aromatic nitrogens is 1. The van der Waals surface area contributed by atoms with Crippen LogP contribution in [0.4, 0.5) is 5.69 Å². The Morgan fingerprint density at radius 2 is 2.03 bits per heavy atom. The van der Waals surface area contributed by atoms with Crippen molar-refractivity contribution in [1.29, 1.82) is 0 Å². The van der Waals surface area contributed by atoms with Gasteiger partial charge in [0.1, 0.15) is 0 Å². The number of hydrogen-bond acceptors (Lipinski definition) is 2. The number of aromatic amines is 1. The van der Waals surface area contributed by atoms with E-state index < -0.39 is 0 Å². The fourth-order valence-electron chi connectivity index (χ4n) is 4.39. The first-order chi connectivity index (χ1) is 15.2. The smallest absolute Gasteiger partial charge is 0.255 e. The number of aryl methyl sites for hydroxylation is 1. The number of carbonyl (C=O) groups excluding carboxylic acids is 1. The Balaban J connectivity index is 1.52. The van der Waals surface area contributed by atoms with Crippen LogP contribution in [0.3, 0.4) is 0 Å². The molecule has 0 aliphatic carbocycles. The van der Waals surface area contributed by atoms with Crippen molar-refractivity contribution in [2.45, 2.75) is 46.0 Å². The van der Waals surface area contributed by atoms with Gasteiger partial charge in [-0.25, -0.2) is 0 Å². The Hall–Kier alpha value is -2.85. The number of H-pyrrole nitrogens is 1. The lowest BCUT2D eigenvalue weighted by atomic mass is 9.98. The zero-order chi connectivity index (χ0) is 21.6. The Morgan fingerprint density at radius 3 is 2.81 bits per heavy atom. The van der Waals surface area contributed by atoms with E-state index in [4.69, 9.17) is 0 Å². The third-order valence-electron chi connectivity index (χ3n) is 6.13. The van der Waals surface area contributed by atoms with E-state index in [2.05, 4.69) is 59.5 Å². The zero-order valence-electron chi connectivity index (χ0n) is 18.7. The molecule has 0 atom stereocenters. The third-order valence-corrected chi connectivity index (χ3v) is 6.13. The van der Waals surface area contributed by atoms with Gasteiger partial charge in [0.25, 0.3) is 5.91 Å². The Morgan fingerprint density at radius 1 is 1.13 bits per heavy atom. The molecule has 0 unspecified atom stereocenters. The molecule has 3 aromatic rings. The Kier molecular flexibility index (Phi) is 6.88. The van der Waals surface area contributed by atoms with Crippen LogP contribution in [0, 0.1) is 0 Å². The van der Waals surface area contributed by atoms with E-state index in [0.717, 1.165) is 56.5 Å². The van der Waals surface area contributed by atoms with Crippen LogP contribution in [-0.2, 0) is 6.42 Å². The van der Waals surface area contributed by atoms with E-state index in [-0.39, 0.29) is 5.91 Å². The van der Waals surface area contributed by atoms with Crippen molar-refractivity contribution in [2.24, 2.45) is 0 Å². The van der Waals surface area contributed by atoms with Gasteiger partial charge in [-0.15, -0.1) is 0 Å². The summed E-state index contributed by atoms with van der Waals surface area (Å²) in [6.45, 7) is 7.70. The summed E-state index contributed by atoms with van der Waals surface area (Å²) in [5, 5.41) is 4.27. The Labute approximate surface area is 185 Å². The number of anilines is 1. The highest BCUT2D eigenvalue weighted by molar-refractivity contribution is 6.06. The molecule has 1 aliphatic heterocycles. The number of fused-ring (bicyclic) bond motifs is 1. The normalized spacial score (nSPS) is 14.6. The Bertz CT molecular complexity index is 1080. The fourth-order valence-corrected chi connectivity index (χ4v) is 4.39. The van der Waals surface area contributed by atoms with Crippen molar-refractivity contribution in [2.75, 3.05) is 25.0 Å². The average molecular weight is 416 g/mol. The molecule has 2 heterocycles. The molecule has 2 aromatic carbocycles. The lowest BCUT2D eigenvalue weighted by molar-refractivity contribution is 0.102. The largest absolute Gasteiger partial charge is 0.361 e. The topological polar surface area (TPSA) is 48.1 Å². The van der Waals surface area contributed by atoms with Gasteiger partial charge in [-0.2, -0.15) is 0 Å². The number of unbranched alkanes of at least 4 members (excludes halogenated alkanes) is 1. The predicted octanol–water partition coefficient (Wildman–Crippen LogP) is 6.26. The van der Waals surface area contributed by atoms with Crippen LogP contribution < -0.4 is 5.32 Å². The van der Waals surface area contributed by atoms with Gasteiger partial charge >= 0.3 is 0 Å². The van der Waals surface area contributed by atoms with Gasteiger partial charge in [0, 0.05) is 47.0 Å². The van der Waals surface area contributed by atoms with Gasteiger partial charge in [0.2, 0.25) is 0 Å². The highest BCUT2D eigenvalue weighted by Crippen LogP contribution is 2.31. The van der Waals surface area contributed by atoms with Gasteiger partial charge in [0.15, 0.2) is 0 Å². The predicted molar refractivity (Wildman–Crippen MR) is 131 cm³/mol. The number of nitrogens with one attached hydrogen (secondary N) is 2. The molecule has 162 valence electrons. The number of benzene rings is 2. The van der Waals surface area contributed by atoms with Crippen molar-refractivity contribution >= 4 is 28.1 Å². The van der Waals surface area contributed by atoms with Crippen LogP contribution in [0.15, 0.2) is 54.7 Å². The van der Waals surface area contributed by atoms with E-state index in [9.17, 15) is 4.79 Å². The quantitative estimate of drug-likeness (QED) is 0.456. The fraction of sp³-hybridized carbons (Fsp3) is 0.370. The van der Waals surface area contributed by atoms with E-state index >= 15 is 0 Å². The molecule has 1 amide bonds. The molecular formula is C27H33N3O. The lowest BCUT2D eigenvalue weighted by Crippen LogP contribution is -2.29. The van der Waals surface area contributed by atoms with Crippen LogP contribution in [-0.4, -0.2) is 35.4 Å². The van der Waals surface area contributed by atoms with Gasteiger partial charge in [0.05, 0.1) is 0 Å². The molecule has 0 radical (unpaired) electrons. The molecule has 0 spiro atoms. The number of hydrogen-bond donors (Lipinski definition) is 2. The van der Waals surface area contributed by atoms with Gasteiger partial charge < -0.3 is 10.3 Å². The van der Waals surface area contributed by atoms with Crippen molar-refractivity contribution in [3.8, 4) is 0 Å². The molecule has 4 rings (SSSR count). The third kappa shape index (κ3) is 5.08. The molecule has 0 fully saturated rings. The summed E-state index contributed by atoms with van der Waals surface area (Å²) in [4.78, 5) is 18.8. The van der Waals surface area contributed by atoms with E-state index in [1.165, 1.54) is 28.5 Å². The molecule has 0 saturated heterocycles. The molecule has 4 heteroatoms. The summed E-state index contributed by atoms with van der Waals surface area (Å²) in [6.07, 6.45) is 10.0. The maximum absolute atomic E-state index is 12.9. The van der Waals surface area contributed by atoms with Crippen LogP contribution in [0.5, 0.6) is 0 Å². The second-order valence-corrected chi connectivity index (χ2v) is 8.50. The summed E-state index contributed by atoms with van der Waals surface area (Å²) < 4.78 is 0. The summed E-state index contributed by atoms with van der Waals surface area (Å²) in [6, 6.07) is 14.1. The van der Waals surface area contributed by atoms with Crippen LogP contribution in [0.2, 0.25) is 0 Å². The van der Waals surface area contributed by atoms with E-state index in [1.807, 2.05) is 24.3 Å². The summed E-state index contributed by atoms with van der Waals surface area (Å²) in [5.74, 6) is -0.0538. The molecule has 1 aliphatic rings. The SMILES string of the molecule is CCCCc1cccc(C(=O)Nc2ccc3[nH]cc(C4=CCN(CCC)CC4)c3c2)c1. The highest BCUT2D eigenvalue weighted by Gasteiger charge is 2.16. The first-order valence-corrected chi connectivity index (χ1v) is 11.6. The summed E-state index contributed by atoms with van der Waals surface area (Å²) in [5.41, 5.74) is 6.52. The number of carbonyl (C=O) groups is 1. The lowest BCUT2D eigenvalue weighted by Gasteiger charge is -2.25. The zero-order valence-corrected chi connectivity index (χ0v) is 18.7. The summed E-state index contributed by atoms with van der Waals surface area (Å²) in [7, 11) is 0. The van der Waals surface area contributed by atoms with E-state index in [0.29, 0.717) is 5.56 Å². The summed E-state index contributed by atoms with van der Waals surface area (Å²) >= 11 is 0. The number of rotatable bonds is 8. The standard InChI is InChI=1S/C27H33N3O/c1-3-5-7-20-8-6-9-22(17-20)27(31)29-23-10-11-26-24(18-23)25(19-28-26)21-12-15-30(14-4-2)16-13-21/h6,8-12,17-19,28H,3-5,7,13-16H2,1-2H3,(H,29,31). The molecular weight excluding hydrogens is 382 g/mol. The molecule has 2 N–H and O–H groups in total. The van der Waals surface area contributed by atoms with Crippen molar-refractivity contribution in [3.05, 3.63) is 71.4 Å². The van der Waals surface area contributed by atoms with Gasteiger partial charge in [-0.3, -0.25) is 9.69 Å². The van der Waals surface area contributed by atoms with Crippen molar-refractivity contribution in [1.82, 2.24) is 9.88 Å². The second-order valence-electron chi connectivity index (χ2n) is 8.50. The highest BCUT2D eigenvalue weighted by atomic mass is 16.1. The second kappa shape index (κ2) is 9.97. The molecule has 4 nitrogen and oxygen atoms in total. The minimum Gasteiger partial charge on any atom is -0.361 e. The van der Waals surface area contributed by atoms with Crippen LogP contribution in [0.1, 0.15) is 61.0 Å². The maximum atomic E-state index is 12.9. The molecule has 0 saturated carbocycles. The van der Waals surface area contributed by atoms with Crippen LogP contribution >= 0.6 is 0 Å². The maximum Gasteiger partial charge on any atom is 0.255 e. The number of nitrogens with zero attached hydrogens (tertiary/aromatic N) is 1. The first-order valence-electron chi connectivity index (χ1n) is 11.6. The van der Waals surface area contributed by atoms with Gasteiger partial charge in [-0.1, -0.05) is 38.5 Å².